The second-order valence-corrected chi connectivity index (χ2v) is 4.29. The van der Waals surface area contributed by atoms with Gasteiger partial charge in [-0.3, -0.25) is 0 Å². The van der Waals surface area contributed by atoms with Crippen molar-refractivity contribution in [1.29, 1.82) is 5.26 Å². The molecule has 5 heteroatoms. The number of rotatable bonds is 5. The molecule has 0 radical (unpaired) electrons. The van der Waals surface area contributed by atoms with Crippen LogP contribution in [0.5, 0.6) is 0 Å². The van der Waals surface area contributed by atoms with Crippen LogP contribution in [-0.4, -0.2) is 6.21 Å². The first-order chi connectivity index (χ1) is 10.2. The minimum atomic E-state index is -2.51. The molecule has 0 N–H and O–H groups in total. The first-order valence-corrected chi connectivity index (χ1v) is 6.21. The first kappa shape index (κ1) is 14.7. The van der Waals surface area contributed by atoms with Gasteiger partial charge in [-0.2, -0.15) is 5.26 Å². The van der Waals surface area contributed by atoms with E-state index in [1.807, 2.05) is 12.1 Å². The van der Waals surface area contributed by atoms with Gasteiger partial charge in [0.2, 0.25) is 0 Å². The van der Waals surface area contributed by atoms with Gasteiger partial charge in [-0.15, -0.1) is 0 Å². The number of hydrogen-bond acceptors (Lipinski definition) is 3. The average molecular weight is 286 g/mol. The number of hydrogen-bond donors (Lipinski definition) is 0. The van der Waals surface area contributed by atoms with Gasteiger partial charge in [-0.05, 0) is 29.3 Å². The Labute approximate surface area is 121 Å². The molecule has 0 heterocycles. The molecule has 0 unspecified atom stereocenters. The third-order valence-electron chi connectivity index (χ3n) is 2.73. The fraction of sp³-hybridized carbons (Fsp3) is 0.125. The lowest BCUT2D eigenvalue weighted by molar-refractivity contribution is 0.132. The molecule has 0 aliphatic carbocycles. The third-order valence-corrected chi connectivity index (χ3v) is 2.73. The number of nitriles is 1. The van der Waals surface area contributed by atoms with Crippen molar-refractivity contribution in [2.75, 3.05) is 0 Å². The summed E-state index contributed by atoms with van der Waals surface area (Å²) in [5.74, 6) is 0. The van der Waals surface area contributed by atoms with Crippen molar-refractivity contribution in [2.24, 2.45) is 5.16 Å². The highest BCUT2D eigenvalue weighted by Gasteiger charge is 2.05. The Morgan fingerprint density at radius 3 is 2.76 bits per heavy atom. The zero-order chi connectivity index (χ0) is 15.1. The van der Waals surface area contributed by atoms with E-state index in [0.29, 0.717) is 11.1 Å². The maximum absolute atomic E-state index is 12.5. The van der Waals surface area contributed by atoms with Gasteiger partial charge in [0.05, 0.1) is 17.8 Å². The van der Waals surface area contributed by atoms with Crippen molar-refractivity contribution < 1.29 is 13.6 Å². The van der Waals surface area contributed by atoms with Gasteiger partial charge in [0.1, 0.15) is 6.61 Å². The summed E-state index contributed by atoms with van der Waals surface area (Å²) in [4.78, 5) is 5.10. The summed E-state index contributed by atoms with van der Waals surface area (Å²) < 4.78 is 25.1. The topological polar surface area (TPSA) is 45.4 Å². The monoisotopic (exact) mass is 286 g/mol. The molecule has 0 saturated carbocycles. The number of alkyl halides is 2. The Hall–Kier alpha value is -2.74. The standard InChI is InChI=1S/C16H12F2N2O/c17-16(18)15-6-2-4-13(8-15)10-20-21-11-14-5-1-3-12(7-14)9-19/h1-8,10,16H,11H2. The van der Waals surface area contributed by atoms with Gasteiger partial charge in [-0.25, -0.2) is 8.78 Å². The quantitative estimate of drug-likeness (QED) is 0.615. The maximum atomic E-state index is 12.5. The van der Waals surface area contributed by atoms with E-state index in [1.165, 1.54) is 18.3 Å². The number of oxime groups is 1. The van der Waals surface area contributed by atoms with Crippen LogP contribution in [0.15, 0.2) is 53.7 Å². The van der Waals surface area contributed by atoms with Gasteiger partial charge in [0.25, 0.3) is 6.43 Å². The molecule has 0 spiro atoms. The molecule has 0 aliphatic heterocycles. The number of nitrogens with zero attached hydrogens (tertiary/aromatic N) is 2. The van der Waals surface area contributed by atoms with Gasteiger partial charge in [0, 0.05) is 5.56 Å². The molecule has 0 fully saturated rings. The third kappa shape index (κ3) is 4.39. The van der Waals surface area contributed by atoms with E-state index < -0.39 is 6.43 Å². The van der Waals surface area contributed by atoms with Crippen molar-refractivity contribution in [2.45, 2.75) is 13.0 Å². The molecule has 21 heavy (non-hydrogen) atoms. The highest BCUT2D eigenvalue weighted by atomic mass is 19.3. The molecule has 2 aromatic rings. The van der Waals surface area contributed by atoms with Crippen LogP contribution >= 0.6 is 0 Å². The van der Waals surface area contributed by atoms with Crippen LogP contribution in [0.25, 0.3) is 0 Å². The number of halogens is 2. The molecule has 0 amide bonds. The van der Waals surface area contributed by atoms with Gasteiger partial charge in [-0.1, -0.05) is 35.5 Å². The van der Waals surface area contributed by atoms with Crippen LogP contribution in [0.1, 0.15) is 28.7 Å². The molecular weight excluding hydrogens is 274 g/mol. The molecule has 3 nitrogen and oxygen atoms in total. The second kappa shape index (κ2) is 7.15. The van der Waals surface area contributed by atoms with E-state index in [9.17, 15) is 8.78 Å². The summed E-state index contributed by atoms with van der Waals surface area (Å²) in [7, 11) is 0. The van der Waals surface area contributed by atoms with Crippen molar-refractivity contribution in [3.63, 3.8) is 0 Å². The van der Waals surface area contributed by atoms with E-state index in [0.717, 1.165) is 5.56 Å². The van der Waals surface area contributed by atoms with Crippen LogP contribution in [0, 0.1) is 11.3 Å². The van der Waals surface area contributed by atoms with Crippen LogP contribution in [0.3, 0.4) is 0 Å². The minimum Gasteiger partial charge on any atom is -0.391 e. The highest BCUT2D eigenvalue weighted by Crippen LogP contribution is 2.18. The molecule has 106 valence electrons. The summed E-state index contributed by atoms with van der Waals surface area (Å²) in [5.41, 5.74) is 1.84. The van der Waals surface area contributed by atoms with E-state index in [-0.39, 0.29) is 12.2 Å². The van der Waals surface area contributed by atoms with Gasteiger partial charge < -0.3 is 4.84 Å². The fourth-order valence-electron chi connectivity index (χ4n) is 1.72. The Kier molecular flexibility index (Phi) is 4.99. The van der Waals surface area contributed by atoms with Crippen molar-refractivity contribution >= 4 is 6.21 Å². The van der Waals surface area contributed by atoms with Crippen LogP contribution in [0.4, 0.5) is 8.78 Å². The zero-order valence-electron chi connectivity index (χ0n) is 11.0. The molecular formula is C16H12F2N2O. The van der Waals surface area contributed by atoms with Crippen molar-refractivity contribution in [1.82, 2.24) is 0 Å². The normalized spacial score (nSPS) is 10.8. The lowest BCUT2D eigenvalue weighted by Gasteiger charge is -2.01. The van der Waals surface area contributed by atoms with Gasteiger partial charge >= 0.3 is 0 Å². The Bertz CT molecular complexity index is 678. The smallest absolute Gasteiger partial charge is 0.263 e. The predicted octanol–water partition coefficient (Wildman–Crippen LogP) is 4.05. The van der Waals surface area contributed by atoms with E-state index in [1.54, 1.807) is 30.3 Å². The SMILES string of the molecule is N#Cc1cccc(CON=Cc2cccc(C(F)F)c2)c1. The predicted molar refractivity (Wildman–Crippen MR) is 74.9 cm³/mol. The van der Waals surface area contributed by atoms with Crippen LogP contribution in [-0.2, 0) is 11.4 Å². The summed E-state index contributed by atoms with van der Waals surface area (Å²) in [5, 5.41) is 12.5. The Morgan fingerprint density at radius 1 is 1.19 bits per heavy atom. The molecule has 2 rings (SSSR count). The Balaban J connectivity index is 1.93. The maximum Gasteiger partial charge on any atom is 0.263 e. The van der Waals surface area contributed by atoms with E-state index >= 15 is 0 Å². The summed E-state index contributed by atoms with van der Waals surface area (Å²) in [6.45, 7) is 0.209. The molecule has 0 saturated heterocycles. The lowest BCUT2D eigenvalue weighted by Crippen LogP contribution is -1.90. The summed E-state index contributed by atoms with van der Waals surface area (Å²) in [6.07, 6.45) is -1.13. The molecule has 2 aromatic carbocycles. The minimum absolute atomic E-state index is 0.0549. The fourth-order valence-corrected chi connectivity index (χ4v) is 1.72. The Morgan fingerprint density at radius 2 is 2.00 bits per heavy atom. The first-order valence-electron chi connectivity index (χ1n) is 6.21. The number of benzene rings is 2. The van der Waals surface area contributed by atoms with E-state index in [2.05, 4.69) is 5.16 Å². The summed E-state index contributed by atoms with van der Waals surface area (Å²) in [6, 6.07) is 14.9. The van der Waals surface area contributed by atoms with Gasteiger partial charge in [0.15, 0.2) is 0 Å². The lowest BCUT2D eigenvalue weighted by atomic mass is 10.1. The van der Waals surface area contributed by atoms with E-state index in [4.69, 9.17) is 10.1 Å². The van der Waals surface area contributed by atoms with Crippen LogP contribution in [0.2, 0.25) is 0 Å². The molecule has 0 aliphatic rings. The van der Waals surface area contributed by atoms with Crippen molar-refractivity contribution in [3.05, 3.63) is 70.8 Å². The second-order valence-electron chi connectivity index (χ2n) is 4.29. The zero-order valence-corrected chi connectivity index (χ0v) is 11.0. The molecule has 0 aromatic heterocycles. The largest absolute Gasteiger partial charge is 0.391 e. The summed E-state index contributed by atoms with van der Waals surface area (Å²) >= 11 is 0. The van der Waals surface area contributed by atoms with Crippen LogP contribution < -0.4 is 0 Å². The molecule has 0 bridgehead atoms. The molecule has 0 atom stereocenters. The van der Waals surface area contributed by atoms with Crippen molar-refractivity contribution in [3.8, 4) is 6.07 Å². The highest BCUT2D eigenvalue weighted by molar-refractivity contribution is 5.79. The average Bonchev–Trinajstić information content (AvgIpc) is 2.52.